The minimum Gasteiger partial charge on any atom is -0.462 e. The molecule has 0 aliphatic carbocycles. The van der Waals surface area contributed by atoms with Crippen LogP contribution in [0.15, 0.2) is 122 Å². The summed E-state index contributed by atoms with van der Waals surface area (Å²) in [5.74, 6) is -0.925. The highest BCUT2D eigenvalue weighted by Gasteiger charge is 2.19. The van der Waals surface area contributed by atoms with E-state index in [0.29, 0.717) is 19.3 Å². The molecule has 1 atom stereocenters. The summed E-state index contributed by atoms with van der Waals surface area (Å²) in [7, 11) is 0. The van der Waals surface area contributed by atoms with Gasteiger partial charge in [0.25, 0.3) is 0 Å². The lowest BCUT2D eigenvalue weighted by atomic mass is 10.1. The number of carbonyl (C=O) groups is 3. The quantitative estimate of drug-likeness (QED) is 0.0261. The summed E-state index contributed by atoms with van der Waals surface area (Å²) in [6, 6.07) is 0. The maximum Gasteiger partial charge on any atom is 0.306 e. The molecule has 0 saturated heterocycles. The molecular weight excluding hydrogens is 961 g/mol. The molecule has 0 amide bonds. The third-order valence-electron chi connectivity index (χ3n) is 13.7. The Morgan fingerprint density at radius 3 is 0.795 bits per heavy atom. The second-order valence-corrected chi connectivity index (χ2v) is 21.3. The molecule has 0 spiro atoms. The van der Waals surface area contributed by atoms with Gasteiger partial charge in [0, 0.05) is 19.3 Å². The maximum atomic E-state index is 12.9. The molecule has 0 N–H and O–H groups in total. The number of esters is 3. The SMILES string of the molecule is CC/C=C\C/C=C\C/C=C\C/C=C\C/C=C\C/C=C\CCCCCCCCC(=O)OCC(COC(=O)CCCCCCC/C=C\CCCCCCC)OC(=O)CCCCCCCC/C=C\C/C=C\C/C=C\CCCCCCC. The average Bonchev–Trinajstić information content (AvgIpc) is 3.44. The summed E-state index contributed by atoms with van der Waals surface area (Å²) in [5, 5.41) is 0. The van der Waals surface area contributed by atoms with Crippen LogP contribution in [0.3, 0.4) is 0 Å². The maximum absolute atomic E-state index is 12.9. The Morgan fingerprint density at radius 1 is 0.269 bits per heavy atom. The van der Waals surface area contributed by atoms with Gasteiger partial charge in [-0.3, -0.25) is 14.4 Å². The predicted octanol–water partition coefficient (Wildman–Crippen LogP) is 22.4. The molecule has 0 fully saturated rings. The number of allylic oxidation sites excluding steroid dienone is 20. The van der Waals surface area contributed by atoms with Crippen molar-refractivity contribution in [3.63, 3.8) is 0 Å². The van der Waals surface area contributed by atoms with Crippen LogP contribution in [0.2, 0.25) is 0 Å². The first-order chi connectivity index (χ1) is 38.5. The van der Waals surface area contributed by atoms with Crippen molar-refractivity contribution in [2.24, 2.45) is 0 Å². The van der Waals surface area contributed by atoms with Gasteiger partial charge in [0.15, 0.2) is 6.10 Å². The minimum atomic E-state index is -0.800. The largest absolute Gasteiger partial charge is 0.462 e. The van der Waals surface area contributed by atoms with E-state index < -0.39 is 6.10 Å². The fourth-order valence-electron chi connectivity index (χ4n) is 8.80. The van der Waals surface area contributed by atoms with Gasteiger partial charge in [0.1, 0.15) is 13.2 Å². The smallest absolute Gasteiger partial charge is 0.306 e. The predicted molar refractivity (Wildman–Crippen MR) is 339 cm³/mol. The van der Waals surface area contributed by atoms with E-state index in [1.165, 1.54) is 116 Å². The first-order valence-electron chi connectivity index (χ1n) is 32.5. The summed E-state index contributed by atoms with van der Waals surface area (Å²) in [6.45, 7) is 6.49. The number of unbranched alkanes of at least 4 members (excludes halogenated alkanes) is 27. The van der Waals surface area contributed by atoms with Crippen molar-refractivity contribution in [3.8, 4) is 0 Å². The van der Waals surface area contributed by atoms with E-state index in [4.69, 9.17) is 14.2 Å². The highest BCUT2D eigenvalue weighted by molar-refractivity contribution is 5.71. The van der Waals surface area contributed by atoms with Crippen LogP contribution < -0.4 is 0 Å². The summed E-state index contributed by atoms with van der Waals surface area (Å²) in [4.78, 5) is 38.3. The molecule has 6 nitrogen and oxygen atoms in total. The number of hydrogen-bond acceptors (Lipinski definition) is 6. The lowest BCUT2D eigenvalue weighted by Gasteiger charge is -2.18. The molecule has 0 radical (unpaired) electrons. The molecule has 444 valence electrons. The van der Waals surface area contributed by atoms with Crippen LogP contribution in [-0.2, 0) is 28.6 Å². The van der Waals surface area contributed by atoms with Gasteiger partial charge in [0.05, 0.1) is 0 Å². The molecular formula is C72H120O6. The summed E-state index contributed by atoms with van der Waals surface area (Å²) in [6.07, 6.45) is 90.5. The second kappa shape index (κ2) is 65.3. The summed E-state index contributed by atoms with van der Waals surface area (Å²) < 4.78 is 16.9. The molecule has 0 aromatic heterocycles. The van der Waals surface area contributed by atoms with E-state index in [1.807, 2.05) is 0 Å². The Labute approximate surface area is 482 Å². The van der Waals surface area contributed by atoms with Gasteiger partial charge < -0.3 is 14.2 Å². The fourth-order valence-corrected chi connectivity index (χ4v) is 8.80. The van der Waals surface area contributed by atoms with Crippen molar-refractivity contribution in [3.05, 3.63) is 122 Å². The Hall–Kier alpha value is -4.19. The lowest BCUT2D eigenvalue weighted by Crippen LogP contribution is -2.30. The standard InChI is InChI=1S/C72H120O6/c1-4-7-10-13-16-19-22-25-28-30-32-34-35-36-37-39-40-42-44-47-50-53-56-59-62-65-71(74)77-68-69(67-76-70(73)64-61-58-55-52-49-46-27-24-21-18-15-12-9-6-3)78-72(75)66-63-60-57-54-51-48-45-43-41-38-33-31-29-26-23-20-17-14-11-8-5-2/h7,10,16,19,23-28,31-34,36-37,40-43,69H,4-6,8-9,11-15,17-18,20-22,29-30,35,38-39,44-68H2,1-3H3/b10-7-,19-16-,26-23-,27-24-,28-25-,33-31-,34-32-,37-36-,42-40-,43-41-. The zero-order chi connectivity index (χ0) is 56.4. The normalized spacial score (nSPS) is 12.9. The molecule has 0 heterocycles. The zero-order valence-corrected chi connectivity index (χ0v) is 50.9. The molecule has 0 aliphatic rings. The lowest BCUT2D eigenvalue weighted by molar-refractivity contribution is -0.167. The minimum absolute atomic E-state index is 0.0945. The molecule has 0 bridgehead atoms. The van der Waals surface area contributed by atoms with E-state index in [0.717, 1.165) is 141 Å². The number of hydrogen-bond donors (Lipinski definition) is 0. The zero-order valence-electron chi connectivity index (χ0n) is 50.9. The van der Waals surface area contributed by atoms with Crippen molar-refractivity contribution in [1.82, 2.24) is 0 Å². The van der Waals surface area contributed by atoms with E-state index in [9.17, 15) is 14.4 Å². The monoisotopic (exact) mass is 1080 g/mol. The van der Waals surface area contributed by atoms with Gasteiger partial charge in [-0.1, -0.05) is 264 Å². The molecule has 0 aromatic rings. The summed E-state index contributed by atoms with van der Waals surface area (Å²) >= 11 is 0. The van der Waals surface area contributed by atoms with Crippen molar-refractivity contribution in [2.75, 3.05) is 13.2 Å². The van der Waals surface area contributed by atoms with Crippen molar-refractivity contribution in [2.45, 2.75) is 303 Å². The highest BCUT2D eigenvalue weighted by atomic mass is 16.6. The Balaban J connectivity index is 4.43. The molecule has 0 aromatic carbocycles. The number of ether oxygens (including phenoxy) is 3. The highest BCUT2D eigenvalue weighted by Crippen LogP contribution is 2.15. The molecule has 0 saturated carbocycles. The Morgan fingerprint density at radius 2 is 0.500 bits per heavy atom. The van der Waals surface area contributed by atoms with Gasteiger partial charge in [-0.25, -0.2) is 0 Å². The third-order valence-corrected chi connectivity index (χ3v) is 13.7. The van der Waals surface area contributed by atoms with E-state index >= 15 is 0 Å². The molecule has 0 aliphatic heterocycles. The van der Waals surface area contributed by atoms with Crippen LogP contribution in [0.1, 0.15) is 297 Å². The van der Waals surface area contributed by atoms with Crippen molar-refractivity contribution in [1.29, 1.82) is 0 Å². The van der Waals surface area contributed by atoms with Gasteiger partial charge in [-0.05, 0) is 135 Å². The van der Waals surface area contributed by atoms with Crippen LogP contribution >= 0.6 is 0 Å². The first-order valence-corrected chi connectivity index (χ1v) is 32.5. The average molecular weight is 1080 g/mol. The van der Waals surface area contributed by atoms with Gasteiger partial charge in [-0.2, -0.15) is 0 Å². The van der Waals surface area contributed by atoms with E-state index in [2.05, 4.69) is 142 Å². The van der Waals surface area contributed by atoms with Crippen LogP contribution in [0.5, 0.6) is 0 Å². The molecule has 0 rings (SSSR count). The topological polar surface area (TPSA) is 78.9 Å². The van der Waals surface area contributed by atoms with Gasteiger partial charge in [-0.15, -0.1) is 0 Å². The molecule has 6 heteroatoms. The van der Waals surface area contributed by atoms with Crippen molar-refractivity contribution < 1.29 is 28.6 Å². The Kier molecular flexibility index (Phi) is 61.8. The van der Waals surface area contributed by atoms with Gasteiger partial charge in [0.2, 0.25) is 0 Å². The Bertz CT molecular complexity index is 1620. The van der Waals surface area contributed by atoms with Crippen molar-refractivity contribution >= 4 is 17.9 Å². The van der Waals surface area contributed by atoms with Crippen LogP contribution in [0, 0.1) is 0 Å². The third kappa shape index (κ3) is 62.7. The molecule has 78 heavy (non-hydrogen) atoms. The summed E-state index contributed by atoms with van der Waals surface area (Å²) in [5.41, 5.74) is 0. The van der Waals surface area contributed by atoms with E-state index in [-0.39, 0.29) is 31.1 Å². The molecule has 1 unspecified atom stereocenters. The van der Waals surface area contributed by atoms with Crippen LogP contribution in [-0.4, -0.2) is 37.2 Å². The second-order valence-electron chi connectivity index (χ2n) is 21.3. The van der Waals surface area contributed by atoms with Crippen LogP contribution in [0.4, 0.5) is 0 Å². The van der Waals surface area contributed by atoms with Gasteiger partial charge >= 0.3 is 17.9 Å². The first kappa shape index (κ1) is 73.8. The van der Waals surface area contributed by atoms with E-state index in [1.54, 1.807) is 0 Å². The fraction of sp³-hybridized carbons (Fsp3) is 0.681. The van der Waals surface area contributed by atoms with Crippen LogP contribution in [0.25, 0.3) is 0 Å². The number of carbonyl (C=O) groups excluding carboxylic acids is 3. The number of rotatable bonds is 58.